The maximum Gasteiger partial charge on any atom is 0.188 e. The van der Waals surface area contributed by atoms with Gasteiger partial charge in [0, 0.05) is 10.6 Å². The van der Waals surface area contributed by atoms with E-state index < -0.39 is 0 Å². The third kappa shape index (κ3) is 3.91. The molecule has 0 N–H and O–H groups in total. The fourth-order valence-electron chi connectivity index (χ4n) is 1.81. The van der Waals surface area contributed by atoms with E-state index in [9.17, 15) is 4.79 Å². The van der Waals surface area contributed by atoms with E-state index in [1.807, 2.05) is 55.5 Å². The van der Waals surface area contributed by atoms with Gasteiger partial charge >= 0.3 is 0 Å². The van der Waals surface area contributed by atoms with Gasteiger partial charge in [0.15, 0.2) is 5.78 Å². The second-order valence-electron chi connectivity index (χ2n) is 4.36. The molecule has 0 aliphatic heterocycles. The number of aryl methyl sites for hydroxylation is 1. The van der Waals surface area contributed by atoms with E-state index in [-0.39, 0.29) is 12.4 Å². The Balaban J connectivity index is 1.88. The zero-order chi connectivity index (χ0) is 13.7. The summed E-state index contributed by atoms with van der Waals surface area (Å²) >= 11 is 5.80. The number of carbonyl (C=O) groups is 1. The smallest absolute Gasteiger partial charge is 0.188 e. The van der Waals surface area contributed by atoms with Gasteiger partial charge in [-0.15, -0.1) is 0 Å². The lowest BCUT2D eigenvalue weighted by Crippen LogP contribution is -2.10. The molecule has 0 aliphatic carbocycles. The van der Waals surface area contributed by atoms with Crippen molar-refractivity contribution in [3.05, 3.63) is 70.2 Å². The normalized spacial score (nSPS) is 10.4. The third-order valence-electron chi connectivity index (χ3n) is 2.86. The standard InChI is InChI=1S/C16H15ClO2/c1-12-4-2-3-5-15(12)16(18)11-19-10-13-6-8-14(17)9-7-13/h2-9H,10-11H2,1H3. The maximum atomic E-state index is 12.0. The molecule has 0 aliphatic rings. The summed E-state index contributed by atoms with van der Waals surface area (Å²) in [5.74, 6) is 0.00654. The number of ether oxygens (including phenoxy) is 1. The van der Waals surface area contributed by atoms with Gasteiger partial charge in [0.2, 0.25) is 0 Å². The molecule has 0 spiro atoms. The average molecular weight is 275 g/mol. The molecule has 0 saturated heterocycles. The molecule has 0 fully saturated rings. The lowest BCUT2D eigenvalue weighted by molar-refractivity contribution is 0.0726. The average Bonchev–Trinajstić information content (AvgIpc) is 2.41. The number of hydrogen-bond donors (Lipinski definition) is 0. The van der Waals surface area contributed by atoms with Crippen molar-refractivity contribution in [1.29, 1.82) is 0 Å². The Labute approximate surface area is 118 Å². The van der Waals surface area contributed by atoms with Crippen molar-refractivity contribution in [3.63, 3.8) is 0 Å². The Morgan fingerprint density at radius 2 is 1.79 bits per heavy atom. The summed E-state index contributed by atoms with van der Waals surface area (Å²) in [5, 5.41) is 0.694. The lowest BCUT2D eigenvalue weighted by atomic mass is 10.1. The van der Waals surface area contributed by atoms with Crippen LogP contribution in [-0.2, 0) is 11.3 Å². The first-order chi connectivity index (χ1) is 9.16. The number of Topliss-reactive ketones (excluding diaryl/α,β-unsaturated/α-hetero) is 1. The molecule has 2 aromatic carbocycles. The molecule has 19 heavy (non-hydrogen) atoms. The highest BCUT2D eigenvalue weighted by atomic mass is 35.5. The maximum absolute atomic E-state index is 12.0. The molecule has 0 heterocycles. The number of benzene rings is 2. The molecule has 0 atom stereocenters. The van der Waals surface area contributed by atoms with Crippen LogP contribution in [0.25, 0.3) is 0 Å². The molecule has 2 rings (SSSR count). The Hall–Kier alpha value is -1.64. The molecule has 0 unspecified atom stereocenters. The highest BCUT2D eigenvalue weighted by molar-refractivity contribution is 6.30. The van der Waals surface area contributed by atoms with Crippen LogP contribution in [0, 0.1) is 6.92 Å². The van der Waals surface area contributed by atoms with Crippen LogP contribution >= 0.6 is 11.6 Å². The summed E-state index contributed by atoms with van der Waals surface area (Å²) in [6, 6.07) is 14.9. The van der Waals surface area contributed by atoms with Crippen molar-refractivity contribution in [1.82, 2.24) is 0 Å². The molecule has 3 heteroatoms. The molecular weight excluding hydrogens is 260 g/mol. The van der Waals surface area contributed by atoms with Crippen LogP contribution in [-0.4, -0.2) is 12.4 Å². The van der Waals surface area contributed by atoms with Crippen LogP contribution in [0.4, 0.5) is 0 Å². The van der Waals surface area contributed by atoms with E-state index in [1.54, 1.807) is 0 Å². The van der Waals surface area contributed by atoms with Crippen LogP contribution in [0.1, 0.15) is 21.5 Å². The first-order valence-electron chi connectivity index (χ1n) is 6.08. The van der Waals surface area contributed by atoms with Crippen molar-refractivity contribution >= 4 is 17.4 Å². The molecular formula is C16H15ClO2. The monoisotopic (exact) mass is 274 g/mol. The summed E-state index contributed by atoms with van der Waals surface area (Å²) in [5.41, 5.74) is 2.70. The lowest BCUT2D eigenvalue weighted by Gasteiger charge is -2.06. The molecule has 0 radical (unpaired) electrons. The predicted molar refractivity (Wildman–Crippen MR) is 76.6 cm³/mol. The van der Waals surface area contributed by atoms with Gasteiger partial charge in [-0.2, -0.15) is 0 Å². The van der Waals surface area contributed by atoms with Gasteiger partial charge in [-0.25, -0.2) is 0 Å². The number of ketones is 1. The minimum absolute atomic E-state index is 0.00654. The van der Waals surface area contributed by atoms with Crippen molar-refractivity contribution in [3.8, 4) is 0 Å². The molecule has 2 nitrogen and oxygen atoms in total. The number of carbonyl (C=O) groups excluding carboxylic acids is 1. The quantitative estimate of drug-likeness (QED) is 0.769. The first kappa shape index (κ1) is 13.8. The second-order valence-corrected chi connectivity index (χ2v) is 4.79. The molecule has 0 aromatic heterocycles. The van der Waals surface area contributed by atoms with Crippen molar-refractivity contribution in [2.24, 2.45) is 0 Å². The van der Waals surface area contributed by atoms with E-state index in [0.29, 0.717) is 11.6 Å². The van der Waals surface area contributed by atoms with Crippen LogP contribution in [0.5, 0.6) is 0 Å². The van der Waals surface area contributed by atoms with Gasteiger partial charge in [0.05, 0.1) is 6.61 Å². The van der Waals surface area contributed by atoms with Gasteiger partial charge in [-0.05, 0) is 30.2 Å². The number of hydrogen-bond acceptors (Lipinski definition) is 2. The largest absolute Gasteiger partial charge is 0.369 e. The zero-order valence-corrected chi connectivity index (χ0v) is 11.5. The van der Waals surface area contributed by atoms with Crippen molar-refractivity contribution in [2.75, 3.05) is 6.61 Å². The van der Waals surface area contributed by atoms with Gasteiger partial charge in [0.1, 0.15) is 6.61 Å². The van der Waals surface area contributed by atoms with Crippen LogP contribution < -0.4 is 0 Å². The Morgan fingerprint density at radius 3 is 2.47 bits per heavy atom. The third-order valence-corrected chi connectivity index (χ3v) is 3.11. The number of rotatable bonds is 5. The number of halogens is 1. The van der Waals surface area contributed by atoms with Gasteiger partial charge in [-0.1, -0.05) is 48.0 Å². The molecule has 2 aromatic rings. The van der Waals surface area contributed by atoms with Gasteiger partial charge in [-0.3, -0.25) is 4.79 Å². The second kappa shape index (κ2) is 6.50. The van der Waals surface area contributed by atoms with E-state index in [4.69, 9.17) is 16.3 Å². The van der Waals surface area contributed by atoms with Crippen molar-refractivity contribution in [2.45, 2.75) is 13.5 Å². The summed E-state index contributed by atoms with van der Waals surface area (Å²) in [4.78, 5) is 12.0. The zero-order valence-electron chi connectivity index (χ0n) is 10.7. The van der Waals surface area contributed by atoms with E-state index >= 15 is 0 Å². The fourth-order valence-corrected chi connectivity index (χ4v) is 1.93. The molecule has 0 amide bonds. The van der Waals surface area contributed by atoms with Crippen molar-refractivity contribution < 1.29 is 9.53 Å². The van der Waals surface area contributed by atoms with Gasteiger partial charge < -0.3 is 4.74 Å². The SMILES string of the molecule is Cc1ccccc1C(=O)COCc1ccc(Cl)cc1. The van der Waals surface area contributed by atoms with Gasteiger partial charge in [0.25, 0.3) is 0 Å². The highest BCUT2D eigenvalue weighted by Gasteiger charge is 2.08. The molecule has 0 bridgehead atoms. The first-order valence-corrected chi connectivity index (χ1v) is 6.45. The summed E-state index contributed by atoms with van der Waals surface area (Å²) in [6.07, 6.45) is 0. The summed E-state index contributed by atoms with van der Waals surface area (Å²) < 4.78 is 5.44. The molecule has 98 valence electrons. The Bertz CT molecular complexity index is 561. The predicted octanol–water partition coefficient (Wildman–Crippen LogP) is 4.05. The van der Waals surface area contributed by atoms with Crippen LogP contribution in [0.3, 0.4) is 0 Å². The van der Waals surface area contributed by atoms with E-state index in [2.05, 4.69) is 0 Å². The fraction of sp³-hybridized carbons (Fsp3) is 0.188. The Morgan fingerprint density at radius 1 is 1.11 bits per heavy atom. The highest BCUT2D eigenvalue weighted by Crippen LogP contribution is 2.11. The molecule has 0 saturated carbocycles. The minimum atomic E-state index is 0.00654. The van der Waals surface area contributed by atoms with E-state index in [1.165, 1.54) is 0 Å². The summed E-state index contributed by atoms with van der Waals surface area (Å²) in [7, 11) is 0. The van der Waals surface area contributed by atoms with Crippen LogP contribution in [0.2, 0.25) is 5.02 Å². The van der Waals surface area contributed by atoms with E-state index in [0.717, 1.165) is 16.7 Å². The topological polar surface area (TPSA) is 26.3 Å². The minimum Gasteiger partial charge on any atom is -0.369 e. The Kier molecular flexibility index (Phi) is 4.72. The summed E-state index contributed by atoms with van der Waals surface area (Å²) in [6.45, 7) is 2.43. The van der Waals surface area contributed by atoms with Crippen LogP contribution in [0.15, 0.2) is 48.5 Å².